The third-order valence-electron chi connectivity index (χ3n) is 3.79. The zero-order valence-electron chi connectivity index (χ0n) is 8.69. The Morgan fingerprint density at radius 2 is 2.00 bits per heavy atom. The first-order chi connectivity index (χ1) is 6.52. The highest BCUT2D eigenvalue weighted by Crippen LogP contribution is 2.63. The number of epoxide rings is 1. The quantitative estimate of drug-likeness (QED) is 0.618. The summed E-state index contributed by atoms with van der Waals surface area (Å²) in [5.74, 6) is -0.244. The molecule has 0 bridgehead atoms. The Bertz CT molecular complexity index is 277. The van der Waals surface area contributed by atoms with Crippen LogP contribution in [0.2, 0.25) is 0 Å². The van der Waals surface area contributed by atoms with Gasteiger partial charge in [-0.05, 0) is 13.8 Å². The van der Waals surface area contributed by atoms with Gasteiger partial charge in [-0.3, -0.25) is 0 Å². The van der Waals surface area contributed by atoms with E-state index in [1.807, 2.05) is 20.8 Å². The Hall–Kier alpha value is -0.160. The van der Waals surface area contributed by atoms with Crippen LogP contribution in [-0.4, -0.2) is 41.4 Å². The highest BCUT2D eigenvalue weighted by atomic mass is 16.9. The monoisotopic (exact) mass is 200 g/mol. The zero-order valence-corrected chi connectivity index (χ0v) is 8.69. The van der Waals surface area contributed by atoms with Crippen molar-refractivity contribution in [3.63, 3.8) is 0 Å². The first-order valence-electron chi connectivity index (χ1n) is 5.16. The number of aliphatic hydroxyl groups excluding tert-OH is 1. The molecule has 3 fully saturated rings. The van der Waals surface area contributed by atoms with E-state index in [1.54, 1.807) is 0 Å². The van der Waals surface area contributed by atoms with Crippen LogP contribution in [0, 0.1) is 5.92 Å². The Labute approximate surface area is 83.1 Å². The van der Waals surface area contributed by atoms with Gasteiger partial charge in [0.05, 0.1) is 18.8 Å². The molecule has 4 heteroatoms. The van der Waals surface area contributed by atoms with Gasteiger partial charge in [-0.15, -0.1) is 0 Å². The smallest absolute Gasteiger partial charge is 0.228 e. The van der Waals surface area contributed by atoms with Crippen molar-refractivity contribution in [1.82, 2.24) is 0 Å². The summed E-state index contributed by atoms with van der Waals surface area (Å²) in [6.45, 7) is 6.12. The normalized spacial score (nSPS) is 58.3. The molecular formula is C10H16O4. The summed E-state index contributed by atoms with van der Waals surface area (Å²) in [4.78, 5) is 0. The second-order valence-corrected chi connectivity index (χ2v) is 5.00. The molecule has 3 saturated heterocycles. The lowest BCUT2D eigenvalue weighted by Gasteiger charge is -2.39. The molecule has 5 atom stereocenters. The highest BCUT2D eigenvalue weighted by Gasteiger charge is 2.81. The van der Waals surface area contributed by atoms with Crippen molar-refractivity contribution >= 4 is 0 Å². The Balaban J connectivity index is 1.78. The van der Waals surface area contributed by atoms with Crippen LogP contribution in [0.3, 0.4) is 0 Å². The standard InChI is InChI=1S/C10H16O4/c1-5-6(4-11)12-8-7(5)13-10(8)9(2,3)14-10/h5-8,11H,4H2,1-3H3/t5-,6+,7?,8?,10?/m0/s1. The van der Waals surface area contributed by atoms with Crippen LogP contribution in [0.4, 0.5) is 0 Å². The molecule has 14 heavy (non-hydrogen) atoms. The van der Waals surface area contributed by atoms with Crippen molar-refractivity contribution < 1.29 is 19.3 Å². The van der Waals surface area contributed by atoms with Gasteiger partial charge in [-0.25, -0.2) is 0 Å². The number of hydrogen-bond donors (Lipinski definition) is 1. The van der Waals surface area contributed by atoms with Crippen LogP contribution in [0.1, 0.15) is 20.8 Å². The van der Waals surface area contributed by atoms with Crippen molar-refractivity contribution in [2.75, 3.05) is 6.61 Å². The van der Waals surface area contributed by atoms with E-state index in [-0.39, 0.29) is 36.4 Å². The molecule has 0 aromatic heterocycles. The minimum atomic E-state index is -0.504. The number of rotatable bonds is 1. The maximum atomic E-state index is 9.10. The van der Waals surface area contributed by atoms with Crippen LogP contribution >= 0.6 is 0 Å². The van der Waals surface area contributed by atoms with Crippen molar-refractivity contribution in [2.24, 2.45) is 5.92 Å². The van der Waals surface area contributed by atoms with Crippen LogP contribution < -0.4 is 0 Å². The molecule has 3 heterocycles. The Morgan fingerprint density at radius 3 is 2.50 bits per heavy atom. The molecule has 3 rings (SSSR count). The lowest BCUT2D eigenvalue weighted by Crippen LogP contribution is -2.58. The lowest BCUT2D eigenvalue weighted by molar-refractivity contribution is -0.271. The maximum absolute atomic E-state index is 9.10. The molecule has 1 spiro atoms. The van der Waals surface area contributed by atoms with E-state index >= 15 is 0 Å². The highest BCUT2D eigenvalue weighted by molar-refractivity contribution is 5.20. The average molecular weight is 200 g/mol. The Kier molecular flexibility index (Phi) is 1.51. The molecular weight excluding hydrogens is 184 g/mol. The summed E-state index contributed by atoms with van der Waals surface area (Å²) < 4.78 is 17.1. The van der Waals surface area contributed by atoms with Gasteiger partial charge in [-0.1, -0.05) is 6.92 Å². The molecule has 1 N–H and O–H groups in total. The zero-order chi connectivity index (χ0) is 10.1. The van der Waals surface area contributed by atoms with E-state index in [0.29, 0.717) is 0 Å². The van der Waals surface area contributed by atoms with E-state index in [0.717, 1.165) is 0 Å². The van der Waals surface area contributed by atoms with Crippen molar-refractivity contribution in [1.29, 1.82) is 0 Å². The van der Waals surface area contributed by atoms with Crippen LogP contribution in [-0.2, 0) is 14.2 Å². The summed E-state index contributed by atoms with van der Waals surface area (Å²) in [6, 6.07) is 0. The topological polar surface area (TPSA) is 51.2 Å². The van der Waals surface area contributed by atoms with Gasteiger partial charge in [0.1, 0.15) is 11.7 Å². The molecule has 3 aliphatic rings. The number of ether oxygens (including phenoxy) is 3. The molecule has 0 aliphatic carbocycles. The van der Waals surface area contributed by atoms with Gasteiger partial charge >= 0.3 is 0 Å². The number of aliphatic hydroxyl groups is 1. The van der Waals surface area contributed by atoms with Gasteiger partial charge in [0.15, 0.2) is 0 Å². The van der Waals surface area contributed by atoms with Gasteiger partial charge in [0.2, 0.25) is 5.79 Å². The predicted molar refractivity (Wildman–Crippen MR) is 47.7 cm³/mol. The summed E-state index contributed by atoms with van der Waals surface area (Å²) in [6.07, 6.45) is 0.0305. The fraction of sp³-hybridized carbons (Fsp3) is 1.00. The molecule has 0 aromatic rings. The lowest BCUT2D eigenvalue weighted by atomic mass is 9.86. The van der Waals surface area contributed by atoms with E-state index < -0.39 is 5.79 Å². The van der Waals surface area contributed by atoms with Crippen molar-refractivity contribution in [2.45, 2.75) is 50.5 Å². The van der Waals surface area contributed by atoms with Crippen LogP contribution in [0.25, 0.3) is 0 Å². The van der Waals surface area contributed by atoms with E-state index in [2.05, 4.69) is 0 Å². The second-order valence-electron chi connectivity index (χ2n) is 5.00. The molecule has 0 saturated carbocycles. The minimum Gasteiger partial charge on any atom is -0.394 e. The van der Waals surface area contributed by atoms with Gasteiger partial charge < -0.3 is 19.3 Å². The molecule has 3 unspecified atom stereocenters. The van der Waals surface area contributed by atoms with Gasteiger partial charge in [0, 0.05) is 5.92 Å². The third kappa shape index (κ3) is 0.795. The molecule has 4 nitrogen and oxygen atoms in total. The van der Waals surface area contributed by atoms with E-state index in [4.69, 9.17) is 19.3 Å². The van der Waals surface area contributed by atoms with E-state index in [9.17, 15) is 0 Å². The predicted octanol–water partition coefficient (Wildman–Crippen LogP) is 0.286. The fourth-order valence-electron chi connectivity index (χ4n) is 2.68. The SMILES string of the molecule is C[C@@H]1C2OC3(OC3(C)C)C2O[C@@H]1CO. The number of hydrogen-bond acceptors (Lipinski definition) is 4. The van der Waals surface area contributed by atoms with E-state index in [1.165, 1.54) is 0 Å². The number of fused-ring (bicyclic) bond motifs is 2. The third-order valence-corrected chi connectivity index (χ3v) is 3.79. The maximum Gasteiger partial charge on any atom is 0.228 e. The summed E-state index contributed by atoms with van der Waals surface area (Å²) >= 11 is 0. The average Bonchev–Trinajstić information content (AvgIpc) is 2.58. The van der Waals surface area contributed by atoms with Crippen molar-refractivity contribution in [3.8, 4) is 0 Å². The van der Waals surface area contributed by atoms with Crippen LogP contribution in [0.5, 0.6) is 0 Å². The molecule has 0 aromatic carbocycles. The Morgan fingerprint density at radius 1 is 1.36 bits per heavy atom. The minimum absolute atomic E-state index is 0.0182. The van der Waals surface area contributed by atoms with Crippen LogP contribution in [0.15, 0.2) is 0 Å². The molecule has 0 radical (unpaired) electrons. The first kappa shape index (κ1) is 9.09. The largest absolute Gasteiger partial charge is 0.394 e. The molecule has 3 aliphatic heterocycles. The summed E-state index contributed by atoms with van der Waals surface area (Å²) in [7, 11) is 0. The van der Waals surface area contributed by atoms with Gasteiger partial charge in [0.25, 0.3) is 0 Å². The second kappa shape index (κ2) is 2.32. The first-order valence-corrected chi connectivity index (χ1v) is 5.16. The molecule has 80 valence electrons. The fourth-order valence-corrected chi connectivity index (χ4v) is 2.68. The van der Waals surface area contributed by atoms with Crippen molar-refractivity contribution in [3.05, 3.63) is 0 Å². The summed E-state index contributed by atoms with van der Waals surface area (Å²) in [5, 5.41) is 9.10. The summed E-state index contributed by atoms with van der Waals surface area (Å²) in [5.41, 5.74) is -0.224. The van der Waals surface area contributed by atoms with Gasteiger partial charge in [-0.2, -0.15) is 0 Å². The molecule has 0 amide bonds.